The van der Waals surface area contributed by atoms with Crippen LogP contribution in [0, 0.1) is 5.82 Å². The van der Waals surface area contributed by atoms with Gasteiger partial charge in [0.1, 0.15) is 17.0 Å². The number of carbonyl (C=O) groups is 1. The lowest BCUT2D eigenvalue weighted by molar-refractivity contribution is -0.137. The summed E-state index contributed by atoms with van der Waals surface area (Å²) >= 11 is 1.29. The highest BCUT2D eigenvalue weighted by Gasteiger charge is 2.43. The normalized spacial score (nSPS) is 21.5. The van der Waals surface area contributed by atoms with Crippen LogP contribution in [-0.4, -0.2) is 53.0 Å². The number of anilines is 2. The predicted molar refractivity (Wildman–Crippen MR) is 165 cm³/mol. The molecular formula is C31H30F4N4O6S2. The van der Waals surface area contributed by atoms with Crippen LogP contribution in [-0.2, 0) is 32.4 Å². The minimum Gasteiger partial charge on any atom is -0.373 e. The van der Waals surface area contributed by atoms with Gasteiger partial charge in [-0.3, -0.25) is 9.35 Å². The van der Waals surface area contributed by atoms with E-state index in [2.05, 4.69) is 20.4 Å². The molecule has 2 aromatic carbocycles. The van der Waals surface area contributed by atoms with Gasteiger partial charge in [-0.1, -0.05) is 34.7 Å². The fourth-order valence-corrected chi connectivity index (χ4v) is 8.26. The number of nitrogens with zero attached hydrogens (tertiary/aromatic N) is 3. The van der Waals surface area contributed by atoms with Crippen LogP contribution in [0.1, 0.15) is 67.8 Å². The number of benzene rings is 2. The van der Waals surface area contributed by atoms with E-state index < -0.39 is 45.8 Å². The molecule has 1 aliphatic carbocycles. The molecule has 2 N–H and O–H groups in total. The van der Waals surface area contributed by atoms with E-state index in [9.17, 15) is 26.4 Å². The second-order valence-corrected chi connectivity index (χ2v) is 14.9. The van der Waals surface area contributed by atoms with Crippen LogP contribution < -0.4 is 10.2 Å². The summed E-state index contributed by atoms with van der Waals surface area (Å²) in [5.41, 5.74) is 0.213. The predicted octanol–water partition coefficient (Wildman–Crippen LogP) is 6.92. The highest BCUT2D eigenvalue weighted by Crippen LogP contribution is 2.47. The molecule has 16 heteroatoms. The van der Waals surface area contributed by atoms with Crippen LogP contribution in [0.15, 0.2) is 40.9 Å². The number of thiazole rings is 1. The van der Waals surface area contributed by atoms with E-state index in [0.717, 1.165) is 37.8 Å². The van der Waals surface area contributed by atoms with Gasteiger partial charge < -0.3 is 19.5 Å². The van der Waals surface area contributed by atoms with E-state index in [0.29, 0.717) is 34.0 Å². The number of amides is 1. The third-order valence-electron chi connectivity index (χ3n) is 8.94. The summed E-state index contributed by atoms with van der Waals surface area (Å²) in [6.45, 7) is 0.0754. The molecule has 4 aromatic rings. The molecule has 7 rings (SSSR count). The van der Waals surface area contributed by atoms with E-state index in [4.69, 9.17) is 13.8 Å². The molecular weight excluding hydrogens is 664 g/mol. The summed E-state index contributed by atoms with van der Waals surface area (Å²) in [7, 11) is -4.31. The van der Waals surface area contributed by atoms with Gasteiger partial charge >= 0.3 is 6.18 Å². The molecule has 1 amide bonds. The van der Waals surface area contributed by atoms with E-state index in [1.54, 1.807) is 12.1 Å². The summed E-state index contributed by atoms with van der Waals surface area (Å²) in [6.07, 6.45) is -0.354. The van der Waals surface area contributed by atoms with Crippen molar-refractivity contribution in [2.24, 2.45) is 0 Å². The average molecular weight is 695 g/mol. The van der Waals surface area contributed by atoms with E-state index in [-0.39, 0.29) is 53.2 Å². The summed E-state index contributed by atoms with van der Waals surface area (Å²) < 4.78 is 99.9. The van der Waals surface area contributed by atoms with Crippen LogP contribution in [0.2, 0.25) is 0 Å². The first-order valence-corrected chi connectivity index (χ1v) is 17.7. The van der Waals surface area contributed by atoms with Gasteiger partial charge in [-0.25, -0.2) is 9.37 Å². The lowest BCUT2D eigenvalue weighted by Gasteiger charge is -2.38. The highest BCUT2D eigenvalue weighted by molar-refractivity contribution is 7.85. The Balaban J connectivity index is 1.06. The second-order valence-electron chi connectivity index (χ2n) is 12.3. The van der Waals surface area contributed by atoms with Crippen molar-refractivity contribution in [1.29, 1.82) is 0 Å². The number of hydrogen-bond donors (Lipinski definition) is 2. The molecule has 2 aliphatic heterocycles. The number of ether oxygens (including phenoxy) is 1. The first kappa shape index (κ1) is 32.0. The third kappa shape index (κ3) is 6.73. The van der Waals surface area contributed by atoms with Crippen molar-refractivity contribution in [1.82, 2.24) is 10.1 Å². The van der Waals surface area contributed by atoms with E-state index in [1.807, 2.05) is 0 Å². The Hall–Kier alpha value is -3.60. The number of piperidine rings is 1. The first-order valence-electron chi connectivity index (χ1n) is 15.2. The molecule has 1 saturated carbocycles. The second kappa shape index (κ2) is 12.1. The monoisotopic (exact) mass is 694 g/mol. The van der Waals surface area contributed by atoms with Gasteiger partial charge in [0.15, 0.2) is 10.9 Å². The molecule has 2 saturated heterocycles. The van der Waals surface area contributed by atoms with E-state index in [1.165, 1.54) is 23.5 Å². The Labute approximate surface area is 270 Å². The minimum atomic E-state index is -4.55. The molecule has 2 unspecified atom stereocenters. The van der Waals surface area contributed by atoms with Crippen LogP contribution in [0.3, 0.4) is 0 Å². The molecule has 0 radical (unpaired) electrons. The Morgan fingerprint density at radius 1 is 1.13 bits per heavy atom. The molecule has 4 heterocycles. The van der Waals surface area contributed by atoms with Crippen molar-refractivity contribution in [3.63, 3.8) is 0 Å². The maximum atomic E-state index is 15.0. The number of hydrogen-bond acceptors (Lipinski definition) is 9. The van der Waals surface area contributed by atoms with Gasteiger partial charge in [0.05, 0.1) is 28.7 Å². The number of rotatable bonds is 10. The largest absolute Gasteiger partial charge is 0.417 e. The zero-order chi connectivity index (χ0) is 33.1. The van der Waals surface area contributed by atoms with Gasteiger partial charge in [0.25, 0.3) is 10.1 Å². The Bertz CT molecular complexity index is 1930. The Morgan fingerprint density at radius 2 is 1.85 bits per heavy atom. The SMILES string of the molecule is O=C(CCS(=O)(=O)O)Nc1cc(F)c2nc(N3C4CCC3CC(OCc3c(-c5ccccc5C(F)(F)F)noc3C3CC3)C4)sc2c1. The van der Waals surface area contributed by atoms with Crippen molar-refractivity contribution in [3.8, 4) is 11.3 Å². The number of alkyl halides is 3. The number of aromatic nitrogens is 2. The molecule has 250 valence electrons. The Morgan fingerprint density at radius 3 is 2.53 bits per heavy atom. The topological polar surface area (TPSA) is 135 Å². The maximum Gasteiger partial charge on any atom is 0.417 e. The quantitative estimate of drug-likeness (QED) is 0.134. The highest BCUT2D eigenvalue weighted by atomic mass is 32.2. The van der Waals surface area contributed by atoms with Crippen LogP contribution >= 0.6 is 11.3 Å². The fraction of sp³-hybridized carbons (Fsp3) is 0.452. The van der Waals surface area contributed by atoms with Crippen LogP contribution in [0.4, 0.5) is 28.4 Å². The van der Waals surface area contributed by atoms with Crippen molar-refractivity contribution in [2.45, 2.75) is 81.8 Å². The van der Waals surface area contributed by atoms with Crippen molar-refractivity contribution in [2.75, 3.05) is 16.0 Å². The molecule has 47 heavy (non-hydrogen) atoms. The number of fused-ring (bicyclic) bond motifs is 3. The molecule has 3 aliphatic rings. The average Bonchev–Trinajstić information content (AvgIpc) is 3.52. The zero-order valence-electron chi connectivity index (χ0n) is 24.8. The molecule has 0 spiro atoms. The Kier molecular flexibility index (Phi) is 8.25. The van der Waals surface area contributed by atoms with Crippen molar-refractivity contribution in [3.05, 3.63) is 59.1 Å². The molecule has 2 bridgehead atoms. The molecule has 3 fully saturated rings. The molecule has 2 atom stereocenters. The van der Waals surface area contributed by atoms with Crippen LogP contribution in [0.5, 0.6) is 0 Å². The maximum absolute atomic E-state index is 15.0. The summed E-state index contributed by atoms with van der Waals surface area (Å²) in [5.74, 6) is -1.36. The number of nitrogens with one attached hydrogen (secondary N) is 1. The van der Waals surface area contributed by atoms with Gasteiger partial charge in [-0.2, -0.15) is 21.6 Å². The third-order valence-corrected chi connectivity index (χ3v) is 10.7. The smallest absolute Gasteiger partial charge is 0.373 e. The minimum absolute atomic E-state index is 0.0342. The van der Waals surface area contributed by atoms with Crippen LogP contribution in [0.25, 0.3) is 21.5 Å². The molecule has 10 nitrogen and oxygen atoms in total. The van der Waals surface area contributed by atoms with Gasteiger partial charge in [-0.05, 0) is 56.7 Å². The lowest BCUT2D eigenvalue weighted by Crippen LogP contribution is -2.45. The first-order chi connectivity index (χ1) is 22.3. The van der Waals surface area contributed by atoms with E-state index >= 15 is 4.39 Å². The summed E-state index contributed by atoms with van der Waals surface area (Å²) in [4.78, 5) is 18.9. The fourth-order valence-electron chi connectivity index (χ4n) is 6.66. The number of carbonyl (C=O) groups excluding carboxylic acids is 1. The van der Waals surface area contributed by atoms with Gasteiger partial charge in [0.2, 0.25) is 5.91 Å². The van der Waals surface area contributed by atoms with Gasteiger partial charge in [0, 0.05) is 41.2 Å². The summed E-state index contributed by atoms with van der Waals surface area (Å²) in [5, 5.41) is 7.19. The molecule has 2 aromatic heterocycles. The lowest BCUT2D eigenvalue weighted by atomic mass is 9.98. The van der Waals surface area contributed by atoms with Crippen molar-refractivity contribution >= 4 is 48.4 Å². The standard InChI is InChI=1S/C31H30F4N4O6S2/c32-24-11-17(36-26(40)9-10-47(41,42)43)12-25-28(24)37-30(46-25)39-18-7-8-19(39)14-20(13-18)44-15-22-27(38-45-29(22)16-5-6-16)21-3-1-2-4-23(21)31(33,34)35/h1-4,11-12,16,18-20H,5-10,13-15H2,(H,36,40)(H,41,42,43). The number of halogens is 4. The summed E-state index contributed by atoms with van der Waals surface area (Å²) in [6, 6.07) is 8.17. The van der Waals surface area contributed by atoms with Crippen molar-refractivity contribution < 1.29 is 44.6 Å². The zero-order valence-corrected chi connectivity index (χ0v) is 26.4. The van der Waals surface area contributed by atoms with Gasteiger partial charge in [-0.15, -0.1) is 0 Å².